The number of hydrogen-bond donors (Lipinski definition) is 1. The van der Waals surface area contributed by atoms with E-state index in [1.54, 1.807) is 0 Å². The molecule has 1 saturated heterocycles. The normalized spacial score (nSPS) is 23.9. The number of hydrogen-bond acceptors (Lipinski definition) is 2. The van der Waals surface area contributed by atoms with Crippen LogP contribution in [-0.4, -0.2) is 36.6 Å². The monoisotopic (exact) mass is 288 g/mol. The summed E-state index contributed by atoms with van der Waals surface area (Å²) in [5, 5.41) is 3.78. The highest BCUT2D eigenvalue weighted by atomic mass is 15.2. The van der Waals surface area contributed by atoms with E-state index < -0.39 is 0 Å². The summed E-state index contributed by atoms with van der Waals surface area (Å²) in [5.41, 5.74) is 1.46. The van der Waals surface area contributed by atoms with Crippen LogP contribution in [0.1, 0.15) is 39.7 Å². The van der Waals surface area contributed by atoms with Crippen LogP contribution in [0.5, 0.6) is 0 Å². The Kier molecular flexibility index (Phi) is 6.25. The molecule has 1 aliphatic heterocycles. The Hall–Kier alpha value is -0.860. The van der Waals surface area contributed by atoms with Crippen molar-refractivity contribution in [2.45, 2.75) is 52.6 Å². The van der Waals surface area contributed by atoms with E-state index in [-0.39, 0.29) is 0 Å². The van der Waals surface area contributed by atoms with E-state index >= 15 is 0 Å². The van der Waals surface area contributed by atoms with Gasteiger partial charge in [-0.05, 0) is 30.2 Å². The fraction of sp³-hybridized carbons (Fsp3) is 0.684. The van der Waals surface area contributed by atoms with Gasteiger partial charge in [-0.3, -0.25) is 4.90 Å². The Morgan fingerprint density at radius 3 is 2.43 bits per heavy atom. The maximum absolute atomic E-state index is 3.78. The summed E-state index contributed by atoms with van der Waals surface area (Å²) in [4.78, 5) is 2.72. The van der Waals surface area contributed by atoms with Gasteiger partial charge in [0.2, 0.25) is 0 Å². The molecule has 1 N–H and O–H groups in total. The van der Waals surface area contributed by atoms with Gasteiger partial charge in [-0.25, -0.2) is 0 Å². The van der Waals surface area contributed by atoms with Gasteiger partial charge in [0.25, 0.3) is 0 Å². The molecule has 21 heavy (non-hydrogen) atoms. The van der Waals surface area contributed by atoms with Crippen LogP contribution in [0.15, 0.2) is 30.3 Å². The van der Waals surface area contributed by atoms with Gasteiger partial charge in [-0.15, -0.1) is 0 Å². The van der Waals surface area contributed by atoms with E-state index in [0.717, 1.165) is 24.8 Å². The van der Waals surface area contributed by atoms with Crippen molar-refractivity contribution in [1.82, 2.24) is 10.2 Å². The Labute approximate surface area is 130 Å². The molecule has 2 rings (SSSR count). The van der Waals surface area contributed by atoms with E-state index in [1.807, 2.05) is 0 Å². The summed E-state index contributed by atoms with van der Waals surface area (Å²) in [5.74, 6) is 1.51. The highest BCUT2D eigenvalue weighted by molar-refractivity contribution is 5.16. The molecule has 0 bridgehead atoms. The van der Waals surface area contributed by atoms with Crippen LogP contribution in [0.3, 0.4) is 0 Å². The molecule has 2 nitrogen and oxygen atoms in total. The van der Waals surface area contributed by atoms with Crippen LogP contribution >= 0.6 is 0 Å². The SMILES string of the molecule is CC(C)CC1CN(CC(C)C)C(Cc2ccccc2)CN1. The highest BCUT2D eigenvalue weighted by Gasteiger charge is 2.28. The van der Waals surface area contributed by atoms with Gasteiger partial charge < -0.3 is 5.32 Å². The summed E-state index contributed by atoms with van der Waals surface area (Å²) in [6.07, 6.45) is 2.45. The summed E-state index contributed by atoms with van der Waals surface area (Å²) >= 11 is 0. The third kappa shape index (κ3) is 5.44. The standard InChI is InChI=1S/C19H32N2/c1-15(2)10-18-14-21(13-16(3)4)19(12-20-18)11-17-8-6-5-7-9-17/h5-9,15-16,18-20H,10-14H2,1-4H3. The van der Waals surface area contributed by atoms with Crippen LogP contribution in [0.2, 0.25) is 0 Å². The van der Waals surface area contributed by atoms with Crippen molar-refractivity contribution in [2.75, 3.05) is 19.6 Å². The molecule has 0 saturated carbocycles. The first kappa shape index (κ1) is 16.5. The lowest BCUT2D eigenvalue weighted by molar-refractivity contribution is 0.108. The highest BCUT2D eigenvalue weighted by Crippen LogP contribution is 2.18. The Morgan fingerprint density at radius 1 is 1.10 bits per heavy atom. The second-order valence-electron chi connectivity index (χ2n) is 7.43. The number of benzene rings is 1. The first-order chi connectivity index (χ1) is 10.0. The predicted octanol–water partition coefficient (Wildman–Crippen LogP) is 3.57. The van der Waals surface area contributed by atoms with Gasteiger partial charge in [-0.2, -0.15) is 0 Å². The molecule has 2 atom stereocenters. The predicted molar refractivity (Wildman–Crippen MR) is 91.6 cm³/mol. The van der Waals surface area contributed by atoms with Crippen LogP contribution in [0.25, 0.3) is 0 Å². The van der Waals surface area contributed by atoms with Crippen molar-refractivity contribution >= 4 is 0 Å². The van der Waals surface area contributed by atoms with Crippen LogP contribution in [0.4, 0.5) is 0 Å². The molecule has 1 aromatic rings. The first-order valence-corrected chi connectivity index (χ1v) is 8.56. The number of nitrogens with one attached hydrogen (secondary N) is 1. The van der Waals surface area contributed by atoms with E-state index in [9.17, 15) is 0 Å². The van der Waals surface area contributed by atoms with Crippen molar-refractivity contribution in [1.29, 1.82) is 0 Å². The van der Waals surface area contributed by atoms with Gasteiger partial charge >= 0.3 is 0 Å². The zero-order valence-corrected chi connectivity index (χ0v) is 14.2. The molecule has 1 fully saturated rings. The Balaban J connectivity index is 1.98. The fourth-order valence-corrected chi connectivity index (χ4v) is 3.44. The summed E-state index contributed by atoms with van der Waals surface area (Å²) in [7, 11) is 0. The second kappa shape index (κ2) is 7.95. The fourth-order valence-electron chi connectivity index (χ4n) is 3.44. The van der Waals surface area contributed by atoms with Crippen LogP contribution in [-0.2, 0) is 6.42 Å². The maximum atomic E-state index is 3.78. The van der Waals surface area contributed by atoms with Gasteiger partial charge in [-0.1, -0.05) is 58.0 Å². The van der Waals surface area contributed by atoms with Crippen molar-refractivity contribution in [3.05, 3.63) is 35.9 Å². The third-order valence-electron chi connectivity index (χ3n) is 4.28. The molecule has 1 aliphatic rings. The van der Waals surface area contributed by atoms with Gasteiger partial charge in [0.1, 0.15) is 0 Å². The first-order valence-electron chi connectivity index (χ1n) is 8.56. The van der Waals surface area contributed by atoms with Crippen LogP contribution < -0.4 is 5.32 Å². The molecule has 0 radical (unpaired) electrons. The van der Waals surface area contributed by atoms with E-state index in [1.165, 1.54) is 25.1 Å². The molecule has 1 aromatic carbocycles. The van der Waals surface area contributed by atoms with E-state index in [0.29, 0.717) is 12.1 Å². The average Bonchev–Trinajstić information content (AvgIpc) is 2.41. The molecular formula is C19H32N2. The quantitative estimate of drug-likeness (QED) is 0.861. The van der Waals surface area contributed by atoms with Crippen molar-refractivity contribution < 1.29 is 0 Å². The number of nitrogens with zero attached hydrogens (tertiary/aromatic N) is 1. The van der Waals surface area contributed by atoms with Crippen LogP contribution in [0, 0.1) is 11.8 Å². The lowest BCUT2D eigenvalue weighted by atomic mass is 9.96. The number of rotatable bonds is 6. The minimum atomic E-state index is 0.637. The molecule has 2 heteroatoms. The lowest BCUT2D eigenvalue weighted by Gasteiger charge is -2.42. The van der Waals surface area contributed by atoms with Gasteiger partial charge in [0.05, 0.1) is 0 Å². The maximum Gasteiger partial charge on any atom is 0.0261 e. The molecule has 0 aliphatic carbocycles. The minimum Gasteiger partial charge on any atom is -0.311 e. The second-order valence-corrected chi connectivity index (χ2v) is 7.43. The third-order valence-corrected chi connectivity index (χ3v) is 4.28. The van der Waals surface area contributed by atoms with Gasteiger partial charge in [0.15, 0.2) is 0 Å². The smallest absolute Gasteiger partial charge is 0.0261 e. The van der Waals surface area contributed by atoms with Crippen molar-refractivity contribution in [3.8, 4) is 0 Å². The summed E-state index contributed by atoms with van der Waals surface area (Å²) in [6.45, 7) is 12.9. The molecular weight excluding hydrogens is 256 g/mol. The average molecular weight is 288 g/mol. The molecule has 118 valence electrons. The minimum absolute atomic E-state index is 0.637. The zero-order valence-electron chi connectivity index (χ0n) is 14.2. The van der Waals surface area contributed by atoms with E-state index in [2.05, 4.69) is 68.2 Å². The van der Waals surface area contributed by atoms with Gasteiger partial charge in [0, 0.05) is 31.7 Å². The Morgan fingerprint density at radius 2 is 1.81 bits per heavy atom. The molecule has 1 heterocycles. The molecule has 0 amide bonds. The molecule has 2 unspecified atom stereocenters. The number of piperazine rings is 1. The summed E-state index contributed by atoms with van der Waals surface area (Å²) < 4.78 is 0. The van der Waals surface area contributed by atoms with Crippen molar-refractivity contribution in [3.63, 3.8) is 0 Å². The zero-order chi connectivity index (χ0) is 15.2. The lowest BCUT2D eigenvalue weighted by Crippen LogP contribution is -2.58. The Bertz CT molecular complexity index is 399. The van der Waals surface area contributed by atoms with Crippen molar-refractivity contribution in [2.24, 2.45) is 11.8 Å². The molecule has 0 aromatic heterocycles. The summed E-state index contributed by atoms with van der Waals surface area (Å²) in [6, 6.07) is 12.2. The largest absolute Gasteiger partial charge is 0.311 e. The molecule has 0 spiro atoms. The topological polar surface area (TPSA) is 15.3 Å². The van der Waals surface area contributed by atoms with E-state index in [4.69, 9.17) is 0 Å².